The van der Waals surface area contributed by atoms with Crippen molar-refractivity contribution in [3.63, 3.8) is 0 Å². The fourth-order valence-corrected chi connectivity index (χ4v) is 0.754. The van der Waals surface area contributed by atoms with E-state index in [1.165, 1.54) is 12.4 Å². The number of halogens is 1. The number of hydrogen-bond donors (Lipinski definition) is 1. The third kappa shape index (κ3) is 3.09. The molecule has 0 aromatic carbocycles. The summed E-state index contributed by atoms with van der Waals surface area (Å²) in [6.07, 6.45) is 7.66. The summed E-state index contributed by atoms with van der Waals surface area (Å²) in [6.45, 7) is 0. The molecule has 66 valence electrons. The van der Waals surface area contributed by atoms with E-state index in [2.05, 4.69) is 21.2 Å². The Balaban J connectivity index is 2.60. The molecule has 1 amide bonds. The number of nitrogens with one attached hydrogen (secondary N) is 1. The van der Waals surface area contributed by atoms with E-state index in [4.69, 9.17) is 18.0 Å². The highest BCUT2D eigenvalue weighted by molar-refractivity contribution is 6.29. The molecular weight excluding hydrogens is 190 g/mol. The molecule has 1 aromatic heterocycles. The van der Waals surface area contributed by atoms with E-state index in [0.29, 0.717) is 5.82 Å². The lowest BCUT2D eigenvalue weighted by Crippen LogP contribution is -2.11. The van der Waals surface area contributed by atoms with Crippen molar-refractivity contribution in [1.82, 2.24) is 9.97 Å². The molecule has 0 unspecified atom stereocenters. The Hall–Kier alpha value is -1.60. The number of carbonyl (C=O) groups excluding carboxylic acids is 1. The number of terminal acetylenes is 1. The topological polar surface area (TPSA) is 54.9 Å². The smallest absolute Gasteiger partial charge is 0.237 e. The zero-order chi connectivity index (χ0) is 9.68. The second-order valence-electron chi connectivity index (χ2n) is 2.15. The van der Waals surface area contributed by atoms with Gasteiger partial charge in [0, 0.05) is 0 Å². The minimum Gasteiger partial charge on any atom is -0.309 e. The zero-order valence-electron chi connectivity index (χ0n) is 6.62. The molecule has 0 fully saturated rings. The van der Waals surface area contributed by atoms with Crippen molar-refractivity contribution in [1.29, 1.82) is 0 Å². The van der Waals surface area contributed by atoms with Gasteiger partial charge in [0.15, 0.2) is 5.82 Å². The third-order valence-electron chi connectivity index (χ3n) is 1.15. The van der Waals surface area contributed by atoms with Crippen molar-refractivity contribution < 1.29 is 4.79 Å². The van der Waals surface area contributed by atoms with Gasteiger partial charge in [0.1, 0.15) is 5.15 Å². The van der Waals surface area contributed by atoms with Crippen molar-refractivity contribution in [2.24, 2.45) is 0 Å². The van der Waals surface area contributed by atoms with Gasteiger partial charge in [0.2, 0.25) is 5.91 Å². The molecule has 0 bridgehead atoms. The first-order chi connectivity index (χ1) is 6.22. The van der Waals surface area contributed by atoms with Crippen LogP contribution in [0.3, 0.4) is 0 Å². The van der Waals surface area contributed by atoms with Gasteiger partial charge in [0.25, 0.3) is 0 Å². The molecule has 0 aliphatic rings. The molecule has 0 saturated heterocycles. The van der Waals surface area contributed by atoms with Crippen molar-refractivity contribution in [2.75, 3.05) is 5.32 Å². The number of amides is 1. The van der Waals surface area contributed by atoms with Crippen LogP contribution in [0.25, 0.3) is 0 Å². The number of aromatic nitrogens is 2. The first-order valence-corrected chi connectivity index (χ1v) is 3.81. The van der Waals surface area contributed by atoms with Crippen LogP contribution in [0.4, 0.5) is 5.82 Å². The van der Waals surface area contributed by atoms with Crippen LogP contribution in [0.2, 0.25) is 5.15 Å². The highest BCUT2D eigenvalue weighted by atomic mass is 35.5. The van der Waals surface area contributed by atoms with Gasteiger partial charge in [-0.15, -0.1) is 6.42 Å². The summed E-state index contributed by atoms with van der Waals surface area (Å²) in [5.74, 6) is 2.26. The number of hydrogen-bond acceptors (Lipinski definition) is 3. The molecule has 0 aliphatic heterocycles. The zero-order valence-corrected chi connectivity index (χ0v) is 7.38. The van der Waals surface area contributed by atoms with Gasteiger partial charge in [-0.05, 0) is 0 Å². The van der Waals surface area contributed by atoms with Crippen molar-refractivity contribution in [3.8, 4) is 12.3 Å². The molecule has 0 aliphatic carbocycles. The van der Waals surface area contributed by atoms with Gasteiger partial charge >= 0.3 is 0 Å². The van der Waals surface area contributed by atoms with Crippen LogP contribution in [-0.2, 0) is 4.79 Å². The number of anilines is 1. The van der Waals surface area contributed by atoms with E-state index >= 15 is 0 Å². The summed E-state index contributed by atoms with van der Waals surface area (Å²) in [5, 5.41) is 2.73. The van der Waals surface area contributed by atoms with Crippen LogP contribution in [0.5, 0.6) is 0 Å². The molecule has 0 atom stereocenters. The van der Waals surface area contributed by atoms with Crippen LogP contribution >= 0.6 is 11.6 Å². The number of nitrogens with zero attached hydrogens (tertiary/aromatic N) is 2. The van der Waals surface area contributed by atoms with Gasteiger partial charge < -0.3 is 5.32 Å². The van der Waals surface area contributed by atoms with Crippen LogP contribution in [0.1, 0.15) is 6.42 Å². The summed E-state index contributed by atoms with van der Waals surface area (Å²) in [4.78, 5) is 18.5. The maximum atomic E-state index is 10.9. The Bertz CT molecular complexity index is 341. The van der Waals surface area contributed by atoms with E-state index in [0.717, 1.165) is 0 Å². The van der Waals surface area contributed by atoms with Gasteiger partial charge in [0.05, 0.1) is 18.8 Å². The molecule has 0 spiro atoms. The molecule has 13 heavy (non-hydrogen) atoms. The first-order valence-electron chi connectivity index (χ1n) is 3.43. The van der Waals surface area contributed by atoms with E-state index in [9.17, 15) is 4.79 Å². The molecule has 1 rings (SSSR count). The van der Waals surface area contributed by atoms with Gasteiger partial charge in [-0.2, -0.15) is 0 Å². The summed E-state index contributed by atoms with van der Waals surface area (Å²) < 4.78 is 0. The van der Waals surface area contributed by atoms with Crippen molar-refractivity contribution >= 4 is 23.3 Å². The fourth-order valence-electron chi connectivity index (χ4n) is 0.657. The summed E-state index contributed by atoms with van der Waals surface area (Å²) in [6, 6.07) is 0. The van der Waals surface area contributed by atoms with Gasteiger partial charge in [-0.25, -0.2) is 9.97 Å². The van der Waals surface area contributed by atoms with E-state index in [1.807, 2.05) is 0 Å². The van der Waals surface area contributed by atoms with Crippen LogP contribution in [0, 0.1) is 12.3 Å². The Morgan fingerprint density at radius 3 is 2.92 bits per heavy atom. The normalized spacial score (nSPS) is 8.92. The van der Waals surface area contributed by atoms with Crippen LogP contribution < -0.4 is 5.32 Å². The molecule has 0 saturated carbocycles. The molecular formula is C8H6ClN3O. The van der Waals surface area contributed by atoms with Crippen LogP contribution in [0.15, 0.2) is 12.4 Å². The van der Waals surface area contributed by atoms with E-state index in [-0.39, 0.29) is 17.5 Å². The molecule has 5 heteroatoms. The largest absolute Gasteiger partial charge is 0.309 e. The predicted octanol–water partition coefficient (Wildman–Crippen LogP) is 1.09. The minimum absolute atomic E-state index is 0.0182. The maximum Gasteiger partial charge on any atom is 0.237 e. The first kappa shape index (κ1) is 9.49. The van der Waals surface area contributed by atoms with Crippen molar-refractivity contribution in [2.45, 2.75) is 6.42 Å². The van der Waals surface area contributed by atoms with Gasteiger partial charge in [-0.3, -0.25) is 4.79 Å². The SMILES string of the molecule is C#CCC(=O)Nc1cnc(Cl)cn1. The number of rotatable bonds is 2. The standard InChI is InChI=1S/C8H6ClN3O/c1-2-3-8(13)12-7-5-10-6(9)4-11-7/h1,4-5H,3H2,(H,11,12,13). The van der Waals surface area contributed by atoms with E-state index < -0.39 is 0 Å². The van der Waals surface area contributed by atoms with E-state index in [1.54, 1.807) is 0 Å². The quantitative estimate of drug-likeness (QED) is 0.719. The summed E-state index contributed by atoms with van der Waals surface area (Å²) in [7, 11) is 0. The predicted molar refractivity (Wildman–Crippen MR) is 49.1 cm³/mol. The monoisotopic (exact) mass is 195 g/mol. The molecule has 1 N–H and O–H groups in total. The van der Waals surface area contributed by atoms with Gasteiger partial charge in [-0.1, -0.05) is 17.5 Å². The summed E-state index contributed by atoms with van der Waals surface area (Å²) in [5.41, 5.74) is 0. The fraction of sp³-hybridized carbons (Fsp3) is 0.125. The molecule has 0 radical (unpaired) electrons. The Morgan fingerprint density at radius 2 is 2.38 bits per heavy atom. The second-order valence-corrected chi connectivity index (χ2v) is 2.54. The lowest BCUT2D eigenvalue weighted by atomic mass is 10.4. The highest BCUT2D eigenvalue weighted by Crippen LogP contribution is 2.04. The number of carbonyl (C=O) groups is 1. The maximum absolute atomic E-state index is 10.9. The second kappa shape index (κ2) is 4.43. The Kier molecular flexibility index (Phi) is 3.23. The van der Waals surface area contributed by atoms with Crippen LogP contribution in [-0.4, -0.2) is 15.9 Å². The minimum atomic E-state index is -0.292. The third-order valence-corrected chi connectivity index (χ3v) is 1.35. The summed E-state index contributed by atoms with van der Waals surface area (Å²) >= 11 is 5.49. The molecule has 1 heterocycles. The highest BCUT2D eigenvalue weighted by Gasteiger charge is 2.00. The molecule has 4 nitrogen and oxygen atoms in total. The van der Waals surface area contributed by atoms with Crippen molar-refractivity contribution in [3.05, 3.63) is 17.5 Å². The Labute approximate surface area is 80.3 Å². The molecule has 1 aromatic rings. The average Bonchev–Trinajstić information content (AvgIpc) is 2.09. The average molecular weight is 196 g/mol. The lowest BCUT2D eigenvalue weighted by molar-refractivity contribution is -0.115. The Morgan fingerprint density at radius 1 is 1.62 bits per heavy atom. The lowest BCUT2D eigenvalue weighted by Gasteiger charge is -1.99.